The topological polar surface area (TPSA) is 45.5 Å². The smallest absolute Gasteiger partial charge is 0.408 e. The molecule has 2 bridgehead atoms. The number of amides is 1. The average Bonchev–Trinajstić information content (AvgIpc) is 2.87. The van der Waals surface area contributed by atoms with Crippen molar-refractivity contribution in [1.82, 2.24) is 9.47 Å². The Balaban J connectivity index is 2.00. The fourth-order valence-electron chi connectivity index (χ4n) is 3.99. The number of benzene rings is 1. The Hall–Kier alpha value is -1.49. The largest absolute Gasteiger partial charge is 0.465 e. The van der Waals surface area contributed by atoms with Crippen LogP contribution in [0.15, 0.2) is 22.7 Å². The lowest BCUT2D eigenvalue weighted by Crippen LogP contribution is -2.41. The molecule has 2 aliphatic rings. The van der Waals surface area contributed by atoms with Crippen molar-refractivity contribution < 1.29 is 9.90 Å². The Morgan fingerprint density at radius 3 is 2.95 bits per heavy atom. The standard InChI is InChI=1S/C15H15BrN2O2/c1-17-12-6-8(16)2-4-10(12)14-11-5-3-9(7-13(14)17)18(11)15(19)20/h2,4,6,9,11H,3,5,7H2,1H3,(H,19,20). The number of rotatable bonds is 0. The highest BCUT2D eigenvalue weighted by molar-refractivity contribution is 9.10. The van der Waals surface area contributed by atoms with Gasteiger partial charge in [0.1, 0.15) is 0 Å². The molecule has 2 aromatic rings. The van der Waals surface area contributed by atoms with Crippen molar-refractivity contribution in [3.8, 4) is 0 Å². The van der Waals surface area contributed by atoms with Crippen LogP contribution in [-0.2, 0) is 13.5 Å². The van der Waals surface area contributed by atoms with Crippen LogP contribution in [0.3, 0.4) is 0 Å². The Morgan fingerprint density at radius 1 is 1.40 bits per heavy atom. The monoisotopic (exact) mass is 334 g/mol. The first kappa shape index (κ1) is 12.3. The van der Waals surface area contributed by atoms with Crippen LogP contribution in [0.25, 0.3) is 10.9 Å². The van der Waals surface area contributed by atoms with E-state index >= 15 is 0 Å². The van der Waals surface area contributed by atoms with E-state index < -0.39 is 6.09 Å². The van der Waals surface area contributed by atoms with Crippen LogP contribution in [0, 0.1) is 0 Å². The number of hydrogen-bond donors (Lipinski definition) is 1. The minimum atomic E-state index is -0.780. The van der Waals surface area contributed by atoms with E-state index in [9.17, 15) is 9.90 Å². The van der Waals surface area contributed by atoms with Crippen molar-refractivity contribution in [2.45, 2.75) is 31.3 Å². The number of carboxylic acid groups (broad SMARTS) is 1. The molecule has 1 saturated heterocycles. The third-order valence-corrected chi connectivity index (χ3v) is 5.31. The van der Waals surface area contributed by atoms with Gasteiger partial charge in [-0.1, -0.05) is 22.0 Å². The SMILES string of the molecule is Cn1c2c(c3ccc(Br)cc31)C1CCC(C2)N1C(=O)O. The molecule has 20 heavy (non-hydrogen) atoms. The van der Waals surface area contributed by atoms with Gasteiger partial charge in [0.25, 0.3) is 0 Å². The summed E-state index contributed by atoms with van der Waals surface area (Å²) in [5, 5.41) is 10.7. The summed E-state index contributed by atoms with van der Waals surface area (Å²) in [6.07, 6.45) is 1.97. The van der Waals surface area contributed by atoms with Crippen molar-refractivity contribution in [2.75, 3.05) is 0 Å². The molecule has 1 amide bonds. The Kier molecular flexibility index (Phi) is 2.46. The lowest BCUT2D eigenvalue weighted by atomic mass is 9.97. The summed E-state index contributed by atoms with van der Waals surface area (Å²) in [5.74, 6) is 0. The second-order valence-corrected chi connectivity index (χ2v) is 6.64. The minimum Gasteiger partial charge on any atom is -0.465 e. The zero-order valence-corrected chi connectivity index (χ0v) is 12.7. The van der Waals surface area contributed by atoms with Crippen LogP contribution in [-0.4, -0.2) is 26.7 Å². The van der Waals surface area contributed by atoms with Crippen molar-refractivity contribution in [1.29, 1.82) is 0 Å². The van der Waals surface area contributed by atoms with Gasteiger partial charge in [0, 0.05) is 46.1 Å². The summed E-state index contributed by atoms with van der Waals surface area (Å²) < 4.78 is 3.29. The van der Waals surface area contributed by atoms with Gasteiger partial charge in [0.05, 0.1) is 6.04 Å². The number of aryl methyl sites for hydroxylation is 1. The summed E-state index contributed by atoms with van der Waals surface area (Å²) in [5.41, 5.74) is 3.72. The van der Waals surface area contributed by atoms with E-state index in [4.69, 9.17) is 0 Å². The maximum atomic E-state index is 11.5. The average molecular weight is 335 g/mol. The molecule has 2 unspecified atom stereocenters. The normalized spacial score (nSPS) is 24.2. The molecule has 2 atom stereocenters. The summed E-state index contributed by atoms with van der Waals surface area (Å²) in [6.45, 7) is 0. The number of hydrogen-bond acceptors (Lipinski definition) is 1. The molecule has 0 aliphatic carbocycles. The summed E-state index contributed by atoms with van der Waals surface area (Å²) in [4.78, 5) is 13.2. The van der Waals surface area contributed by atoms with Gasteiger partial charge < -0.3 is 9.67 Å². The third kappa shape index (κ3) is 1.44. The van der Waals surface area contributed by atoms with E-state index in [1.807, 2.05) is 6.07 Å². The van der Waals surface area contributed by atoms with E-state index in [-0.39, 0.29) is 12.1 Å². The minimum absolute atomic E-state index is 0.0334. The third-order valence-electron chi connectivity index (χ3n) is 4.81. The van der Waals surface area contributed by atoms with Gasteiger partial charge >= 0.3 is 6.09 Å². The second-order valence-electron chi connectivity index (χ2n) is 5.72. The number of aromatic nitrogens is 1. The first-order valence-corrected chi connectivity index (χ1v) is 7.65. The van der Waals surface area contributed by atoms with Gasteiger partial charge in [-0.15, -0.1) is 0 Å². The summed E-state index contributed by atoms with van der Waals surface area (Å²) in [7, 11) is 2.09. The number of carbonyl (C=O) groups is 1. The molecule has 4 nitrogen and oxygen atoms in total. The van der Waals surface area contributed by atoms with E-state index in [1.165, 1.54) is 22.2 Å². The highest BCUT2D eigenvalue weighted by Crippen LogP contribution is 2.47. The molecular formula is C15H15BrN2O2. The quantitative estimate of drug-likeness (QED) is 0.798. The molecule has 5 heteroatoms. The highest BCUT2D eigenvalue weighted by Gasteiger charge is 2.44. The van der Waals surface area contributed by atoms with Crippen LogP contribution in [0.1, 0.15) is 30.1 Å². The van der Waals surface area contributed by atoms with E-state index in [0.717, 1.165) is 23.7 Å². The molecule has 0 radical (unpaired) electrons. The van der Waals surface area contributed by atoms with Crippen molar-refractivity contribution >= 4 is 32.9 Å². The molecule has 1 N–H and O–H groups in total. The Bertz CT molecular complexity index is 737. The van der Waals surface area contributed by atoms with Crippen LogP contribution < -0.4 is 0 Å². The van der Waals surface area contributed by atoms with E-state index in [0.29, 0.717) is 0 Å². The van der Waals surface area contributed by atoms with Crippen molar-refractivity contribution in [3.63, 3.8) is 0 Å². The predicted molar refractivity (Wildman–Crippen MR) is 79.9 cm³/mol. The molecule has 2 aliphatic heterocycles. The lowest BCUT2D eigenvalue weighted by molar-refractivity contribution is 0.116. The van der Waals surface area contributed by atoms with Crippen LogP contribution in [0.5, 0.6) is 0 Å². The highest BCUT2D eigenvalue weighted by atomic mass is 79.9. The molecule has 104 valence electrons. The molecule has 1 fully saturated rings. The number of fused-ring (bicyclic) bond motifs is 6. The summed E-state index contributed by atoms with van der Waals surface area (Å²) >= 11 is 3.52. The molecule has 3 heterocycles. The fourth-order valence-corrected chi connectivity index (χ4v) is 4.34. The van der Waals surface area contributed by atoms with Gasteiger partial charge in [0.15, 0.2) is 0 Å². The Labute approximate surface area is 125 Å². The molecule has 1 aromatic carbocycles. The second kappa shape index (κ2) is 4.01. The van der Waals surface area contributed by atoms with Crippen LogP contribution in [0.4, 0.5) is 4.79 Å². The summed E-state index contributed by atoms with van der Waals surface area (Å²) in [6, 6.07) is 6.44. The molecular weight excluding hydrogens is 320 g/mol. The lowest BCUT2D eigenvalue weighted by Gasteiger charge is -2.33. The van der Waals surface area contributed by atoms with Crippen LogP contribution in [0.2, 0.25) is 0 Å². The van der Waals surface area contributed by atoms with E-state index in [2.05, 4.69) is 39.7 Å². The number of halogens is 1. The fraction of sp³-hybridized carbons (Fsp3) is 0.400. The van der Waals surface area contributed by atoms with Gasteiger partial charge in [-0.2, -0.15) is 0 Å². The predicted octanol–water partition coefficient (Wildman–Crippen LogP) is 3.68. The van der Waals surface area contributed by atoms with Gasteiger partial charge in [0.2, 0.25) is 0 Å². The maximum Gasteiger partial charge on any atom is 0.408 e. The van der Waals surface area contributed by atoms with Gasteiger partial charge in [-0.3, -0.25) is 4.90 Å². The van der Waals surface area contributed by atoms with Gasteiger partial charge in [-0.05, 0) is 25.0 Å². The molecule has 0 spiro atoms. The first-order chi connectivity index (χ1) is 9.58. The van der Waals surface area contributed by atoms with Crippen molar-refractivity contribution in [3.05, 3.63) is 33.9 Å². The van der Waals surface area contributed by atoms with E-state index in [1.54, 1.807) is 4.90 Å². The van der Waals surface area contributed by atoms with Crippen molar-refractivity contribution in [2.24, 2.45) is 7.05 Å². The molecule has 0 saturated carbocycles. The number of nitrogens with zero attached hydrogens (tertiary/aromatic N) is 2. The Morgan fingerprint density at radius 2 is 2.20 bits per heavy atom. The molecule has 1 aromatic heterocycles. The zero-order valence-electron chi connectivity index (χ0n) is 11.1. The maximum absolute atomic E-state index is 11.5. The molecule has 4 rings (SSSR count). The zero-order chi connectivity index (χ0) is 14.0. The van der Waals surface area contributed by atoms with Crippen LogP contribution >= 0.6 is 15.9 Å². The van der Waals surface area contributed by atoms with Gasteiger partial charge in [-0.25, -0.2) is 4.79 Å². The first-order valence-electron chi connectivity index (χ1n) is 6.86.